The van der Waals surface area contributed by atoms with Crippen molar-refractivity contribution in [2.45, 2.75) is 19.8 Å². The van der Waals surface area contributed by atoms with Crippen LogP contribution in [0, 0.1) is 5.92 Å². The summed E-state index contributed by atoms with van der Waals surface area (Å²) in [5, 5.41) is 0. The fourth-order valence-electron chi connectivity index (χ4n) is 3.69. The Kier molecular flexibility index (Phi) is 5.45. The zero-order valence-electron chi connectivity index (χ0n) is 15.6. The predicted octanol–water partition coefficient (Wildman–Crippen LogP) is 2.62. The van der Waals surface area contributed by atoms with Crippen LogP contribution in [0.2, 0.25) is 0 Å². The van der Waals surface area contributed by atoms with Gasteiger partial charge in [0.05, 0.1) is 0 Å². The summed E-state index contributed by atoms with van der Waals surface area (Å²) >= 11 is 0. The van der Waals surface area contributed by atoms with Crippen molar-refractivity contribution in [1.29, 1.82) is 0 Å². The first-order valence-electron chi connectivity index (χ1n) is 9.20. The van der Waals surface area contributed by atoms with Crippen molar-refractivity contribution >= 4 is 17.9 Å². The van der Waals surface area contributed by atoms with Crippen LogP contribution in [0.5, 0.6) is 0 Å². The number of carbonyl (C=O) groups is 2. The molecule has 2 aliphatic rings. The molecule has 26 heavy (non-hydrogen) atoms. The molecule has 0 saturated heterocycles. The van der Waals surface area contributed by atoms with Crippen LogP contribution in [0.1, 0.15) is 25.3 Å². The monoisotopic (exact) mass is 353 g/mol. The molecule has 1 atom stereocenters. The number of nitrogens with zero attached hydrogens (tertiary/aromatic N) is 3. The van der Waals surface area contributed by atoms with Crippen LogP contribution >= 0.6 is 0 Å². The van der Waals surface area contributed by atoms with Gasteiger partial charge in [-0.3, -0.25) is 9.59 Å². The van der Waals surface area contributed by atoms with Crippen molar-refractivity contribution in [2.75, 3.05) is 26.2 Å². The number of carbonyl (C=O) groups excluding carboxylic acids is 2. The Morgan fingerprint density at radius 1 is 1.19 bits per heavy atom. The van der Waals surface area contributed by atoms with Gasteiger partial charge in [0.1, 0.15) is 0 Å². The van der Waals surface area contributed by atoms with E-state index in [0.29, 0.717) is 26.2 Å². The summed E-state index contributed by atoms with van der Waals surface area (Å²) in [4.78, 5) is 28.8. The lowest BCUT2D eigenvalue weighted by molar-refractivity contribution is -0.134. The molecule has 0 aromatic carbocycles. The van der Waals surface area contributed by atoms with Crippen LogP contribution in [0.4, 0.5) is 0 Å². The van der Waals surface area contributed by atoms with E-state index < -0.39 is 0 Å². The van der Waals surface area contributed by atoms with Crippen molar-refractivity contribution in [3.05, 3.63) is 53.9 Å². The Hall–Kier alpha value is -2.56. The van der Waals surface area contributed by atoms with E-state index in [1.54, 1.807) is 6.08 Å². The number of rotatable bonds is 6. The number of hydrogen-bond acceptors (Lipinski definition) is 2. The Morgan fingerprint density at radius 3 is 2.38 bits per heavy atom. The molecule has 2 aliphatic heterocycles. The molecule has 5 nitrogen and oxygen atoms in total. The average Bonchev–Trinajstić information content (AvgIpc) is 3.31. The highest BCUT2D eigenvalue weighted by atomic mass is 16.2. The summed E-state index contributed by atoms with van der Waals surface area (Å²) in [6.07, 6.45) is 10.8. The van der Waals surface area contributed by atoms with Crippen LogP contribution in [0.3, 0.4) is 0 Å². The topological polar surface area (TPSA) is 45.6 Å². The molecule has 0 bridgehead atoms. The van der Waals surface area contributed by atoms with Gasteiger partial charge in [0.15, 0.2) is 0 Å². The standard InChI is InChI=1S/C21H27N3O2/c1-4-6-17(5-2)21(26)24-14-18-12-23(13-19(18)15-24)20(25)8-7-16-9-10-22(3)11-16/h4,7-11,17H,1,5-6,12-15H2,2-3H3/b8-7+. The van der Waals surface area contributed by atoms with E-state index in [1.807, 2.05) is 59.0 Å². The van der Waals surface area contributed by atoms with Crippen LogP contribution < -0.4 is 0 Å². The van der Waals surface area contributed by atoms with Crippen molar-refractivity contribution < 1.29 is 9.59 Å². The second kappa shape index (κ2) is 7.77. The second-order valence-electron chi connectivity index (χ2n) is 7.17. The molecule has 138 valence electrons. The predicted molar refractivity (Wildman–Crippen MR) is 103 cm³/mol. The summed E-state index contributed by atoms with van der Waals surface area (Å²) in [6.45, 7) is 8.39. The second-order valence-corrected chi connectivity index (χ2v) is 7.17. The van der Waals surface area contributed by atoms with Gasteiger partial charge in [0.2, 0.25) is 11.8 Å². The molecule has 3 heterocycles. The van der Waals surface area contributed by atoms with E-state index in [9.17, 15) is 9.59 Å². The van der Waals surface area contributed by atoms with Gasteiger partial charge in [-0.2, -0.15) is 0 Å². The van der Waals surface area contributed by atoms with E-state index >= 15 is 0 Å². The van der Waals surface area contributed by atoms with Gasteiger partial charge in [-0.1, -0.05) is 13.0 Å². The van der Waals surface area contributed by atoms with E-state index in [-0.39, 0.29) is 17.7 Å². The lowest BCUT2D eigenvalue weighted by atomic mass is 10.0. The van der Waals surface area contributed by atoms with Crippen LogP contribution in [-0.2, 0) is 16.6 Å². The molecule has 1 unspecified atom stereocenters. The summed E-state index contributed by atoms with van der Waals surface area (Å²) < 4.78 is 1.96. The van der Waals surface area contributed by atoms with Crippen LogP contribution in [0.25, 0.3) is 6.08 Å². The molecule has 3 rings (SSSR count). The highest BCUT2D eigenvalue weighted by Crippen LogP contribution is 2.28. The normalized spacial score (nSPS) is 17.9. The minimum atomic E-state index is 0.0269. The zero-order valence-corrected chi connectivity index (χ0v) is 15.6. The quantitative estimate of drug-likeness (QED) is 0.583. The Balaban J connectivity index is 1.53. The molecule has 0 aliphatic carbocycles. The highest BCUT2D eigenvalue weighted by molar-refractivity contribution is 5.92. The number of amides is 2. The highest BCUT2D eigenvalue weighted by Gasteiger charge is 2.34. The summed E-state index contributed by atoms with van der Waals surface area (Å²) in [5.41, 5.74) is 3.48. The molecular formula is C21H27N3O2. The van der Waals surface area contributed by atoms with Gasteiger partial charge in [-0.25, -0.2) is 0 Å². The van der Waals surface area contributed by atoms with Crippen LogP contribution in [-0.4, -0.2) is 52.4 Å². The third-order valence-electron chi connectivity index (χ3n) is 5.22. The van der Waals surface area contributed by atoms with Gasteiger partial charge in [0.25, 0.3) is 0 Å². The fraction of sp³-hybridized carbons (Fsp3) is 0.429. The molecule has 0 radical (unpaired) electrons. The van der Waals surface area contributed by atoms with E-state index in [0.717, 1.165) is 18.4 Å². The SMILES string of the molecule is C=CCC(CC)C(=O)N1CC2=C(CN(C(=O)/C=C/c3ccn(C)c3)C2)C1. The van der Waals surface area contributed by atoms with Gasteiger partial charge < -0.3 is 14.4 Å². The smallest absolute Gasteiger partial charge is 0.247 e. The maximum atomic E-state index is 12.6. The molecular weight excluding hydrogens is 326 g/mol. The maximum absolute atomic E-state index is 12.6. The molecule has 0 saturated carbocycles. The van der Waals surface area contributed by atoms with E-state index in [4.69, 9.17) is 0 Å². The maximum Gasteiger partial charge on any atom is 0.247 e. The molecule has 0 spiro atoms. The number of aromatic nitrogens is 1. The lowest BCUT2D eigenvalue weighted by Crippen LogP contribution is -2.38. The summed E-state index contributed by atoms with van der Waals surface area (Å²) in [7, 11) is 1.96. The first kappa shape index (κ1) is 18.2. The minimum Gasteiger partial charge on any atom is -0.357 e. The molecule has 5 heteroatoms. The zero-order chi connectivity index (χ0) is 18.7. The van der Waals surface area contributed by atoms with Gasteiger partial charge >= 0.3 is 0 Å². The average molecular weight is 353 g/mol. The Labute approximate surface area is 155 Å². The largest absolute Gasteiger partial charge is 0.357 e. The third kappa shape index (κ3) is 3.82. The molecule has 1 aromatic rings. The van der Waals surface area contributed by atoms with Gasteiger partial charge in [-0.05, 0) is 41.7 Å². The molecule has 0 N–H and O–H groups in total. The Morgan fingerprint density at radius 2 is 1.85 bits per heavy atom. The van der Waals surface area contributed by atoms with Crippen molar-refractivity contribution in [3.63, 3.8) is 0 Å². The van der Waals surface area contributed by atoms with Gasteiger partial charge in [-0.15, -0.1) is 6.58 Å². The van der Waals surface area contributed by atoms with Crippen molar-refractivity contribution in [3.8, 4) is 0 Å². The third-order valence-corrected chi connectivity index (χ3v) is 5.22. The van der Waals surface area contributed by atoms with Crippen molar-refractivity contribution in [2.24, 2.45) is 13.0 Å². The van der Waals surface area contributed by atoms with Crippen LogP contribution in [0.15, 0.2) is 48.3 Å². The number of aryl methyl sites for hydroxylation is 1. The Bertz CT molecular complexity index is 754. The van der Waals surface area contributed by atoms with Crippen molar-refractivity contribution in [1.82, 2.24) is 14.4 Å². The summed E-state index contributed by atoms with van der Waals surface area (Å²) in [5.74, 6) is 0.266. The molecule has 1 aromatic heterocycles. The molecule has 0 fully saturated rings. The van der Waals surface area contributed by atoms with E-state index in [2.05, 4.69) is 6.58 Å². The molecule has 2 amide bonds. The first-order chi connectivity index (χ1) is 12.5. The number of hydrogen-bond donors (Lipinski definition) is 0. The first-order valence-corrected chi connectivity index (χ1v) is 9.20. The number of allylic oxidation sites excluding steroid dienone is 1. The summed E-state index contributed by atoms with van der Waals surface area (Å²) in [6, 6.07) is 1.98. The van der Waals surface area contributed by atoms with E-state index in [1.165, 1.54) is 11.1 Å². The lowest BCUT2D eigenvalue weighted by Gasteiger charge is -2.25. The van der Waals surface area contributed by atoms with Gasteiger partial charge in [0, 0.05) is 57.6 Å². The minimum absolute atomic E-state index is 0.0269. The fourth-order valence-corrected chi connectivity index (χ4v) is 3.69.